The predicted molar refractivity (Wildman–Crippen MR) is 61.4 cm³/mol. The lowest BCUT2D eigenvalue weighted by molar-refractivity contribution is 1.18. The molecular formula is C12H9N3. The highest BCUT2D eigenvalue weighted by Crippen LogP contribution is 2.16. The minimum absolute atomic E-state index is 0.897. The summed E-state index contributed by atoms with van der Waals surface area (Å²) in [7, 11) is 0. The maximum atomic E-state index is 4.52. The van der Waals surface area contributed by atoms with Crippen molar-refractivity contribution in [3.8, 4) is 0 Å². The molecule has 0 saturated heterocycles. The van der Waals surface area contributed by atoms with E-state index in [1.807, 2.05) is 41.2 Å². The number of hydrogen-bond donors (Lipinski definition) is 0. The van der Waals surface area contributed by atoms with E-state index >= 15 is 0 Å². The predicted octanol–water partition coefficient (Wildman–Crippen LogP) is 2.69. The van der Waals surface area contributed by atoms with Gasteiger partial charge >= 0.3 is 0 Å². The zero-order valence-corrected chi connectivity index (χ0v) is 8.09. The number of aromatic nitrogens is 3. The zero-order chi connectivity index (χ0) is 10.3. The Hall–Kier alpha value is -2.16. The molecule has 72 valence electrons. The monoisotopic (exact) mass is 195 g/mol. The third-order valence-electron chi connectivity index (χ3n) is 2.38. The van der Waals surface area contributed by atoms with Gasteiger partial charge in [-0.15, -0.1) is 0 Å². The van der Waals surface area contributed by atoms with Crippen LogP contribution in [0.1, 0.15) is 0 Å². The first-order valence-corrected chi connectivity index (χ1v) is 4.73. The van der Waals surface area contributed by atoms with Crippen LogP contribution in [0.5, 0.6) is 0 Å². The molecule has 2 aromatic heterocycles. The van der Waals surface area contributed by atoms with Gasteiger partial charge in [0.15, 0.2) is 0 Å². The average Bonchev–Trinajstić information content (AvgIpc) is 2.67. The van der Waals surface area contributed by atoms with Crippen LogP contribution in [-0.2, 0) is 0 Å². The third kappa shape index (κ3) is 1.21. The molecule has 3 heteroatoms. The molecule has 0 aliphatic rings. The molecule has 15 heavy (non-hydrogen) atoms. The molecule has 0 atom stereocenters. The molecule has 0 unspecified atom stereocenters. The normalized spacial score (nSPS) is 10.9. The van der Waals surface area contributed by atoms with Gasteiger partial charge in [0.25, 0.3) is 0 Å². The Bertz CT molecular complexity index is 600. The van der Waals surface area contributed by atoms with Crippen molar-refractivity contribution in [1.29, 1.82) is 0 Å². The lowest BCUT2D eigenvalue weighted by atomic mass is 10.3. The Kier molecular flexibility index (Phi) is 1.59. The first-order chi connectivity index (χ1) is 7.36. The van der Waals surface area contributed by atoms with E-state index in [9.17, 15) is 0 Å². The summed E-state index contributed by atoms with van der Waals surface area (Å²) < 4.78 is 1.86. The molecule has 0 N–H and O–H groups in total. The molecule has 0 amide bonds. The van der Waals surface area contributed by atoms with Crippen molar-refractivity contribution in [3.05, 3.63) is 43.2 Å². The molecule has 2 heterocycles. The summed E-state index contributed by atoms with van der Waals surface area (Å²) in [5.74, 6) is 0. The van der Waals surface area contributed by atoms with E-state index in [0.29, 0.717) is 0 Å². The van der Waals surface area contributed by atoms with Gasteiger partial charge in [0, 0.05) is 18.6 Å². The summed E-state index contributed by atoms with van der Waals surface area (Å²) in [5, 5.41) is 0. The average molecular weight is 195 g/mol. The van der Waals surface area contributed by atoms with Crippen molar-refractivity contribution in [3.63, 3.8) is 0 Å². The van der Waals surface area contributed by atoms with Gasteiger partial charge in [0.05, 0.1) is 11.0 Å². The summed E-state index contributed by atoms with van der Waals surface area (Å²) in [6.45, 7) is 3.70. The van der Waals surface area contributed by atoms with Crippen LogP contribution in [0.4, 0.5) is 0 Å². The van der Waals surface area contributed by atoms with Crippen molar-refractivity contribution >= 4 is 28.3 Å². The topological polar surface area (TPSA) is 30.7 Å². The van der Waals surface area contributed by atoms with Crippen molar-refractivity contribution in [1.82, 2.24) is 14.5 Å². The van der Waals surface area contributed by atoms with Crippen LogP contribution < -0.4 is 0 Å². The van der Waals surface area contributed by atoms with Gasteiger partial charge in [0.1, 0.15) is 11.0 Å². The summed E-state index contributed by atoms with van der Waals surface area (Å²) in [4.78, 5) is 9.03. The summed E-state index contributed by atoms with van der Waals surface area (Å²) in [6, 6.07) is 7.86. The van der Waals surface area contributed by atoms with E-state index in [4.69, 9.17) is 0 Å². The highest BCUT2D eigenvalue weighted by atomic mass is 15.0. The second kappa shape index (κ2) is 2.92. The van der Waals surface area contributed by atoms with Gasteiger partial charge in [-0.1, -0.05) is 18.7 Å². The van der Waals surface area contributed by atoms with Gasteiger partial charge in [-0.2, -0.15) is 0 Å². The van der Waals surface area contributed by atoms with E-state index in [2.05, 4.69) is 16.5 Å². The first kappa shape index (κ1) is 8.17. The minimum Gasteiger partial charge on any atom is -0.327 e. The van der Waals surface area contributed by atoms with Gasteiger partial charge in [0.2, 0.25) is 0 Å². The van der Waals surface area contributed by atoms with E-state index in [1.54, 1.807) is 6.20 Å². The van der Waals surface area contributed by atoms with Crippen molar-refractivity contribution < 1.29 is 0 Å². The lowest BCUT2D eigenvalue weighted by Gasteiger charge is -1.94. The molecule has 3 nitrogen and oxygen atoms in total. The summed E-state index contributed by atoms with van der Waals surface area (Å²) >= 11 is 0. The largest absolute Gasteiger partial charge is 0.327 e. The highest BCUT2D eigenvalue weighted by molar-refractivity contribution is 5.86. The van der Waals surface area contributed by atoms with Gasteiger partial charge < -0.3 is 4.57 Å². The van der Waals surface area contributed by atoms with E-state index in [-0.39, 0.29) is 0 Å². The Labute approximate surface area is 86.7 Å². The number of fused-ring (bicyclic) bond motifs is 2. The van der Waals surface area contributed by atoms with Crippen LogP contribution in [0.15, 0.2) is 43.2 Å². The Balaban J connectivity index is 2.44. The third-order valence-corrected chi connectivity index (χ3v) is 2.38. The molecule has 0 aliphatic heterocycles. The van der Waals surface area contributed by atoms with Crippen molar-refractivity contribution in [2.45, 2.75) is 0 Å². The van der Waals surface area contributed by atoms with Crippen LogP contribution in [-0.4, -0.2) is 14.5 Å². The fraction of sp³-hybridized carbons (Fsp3) is 0. The molecular weight excluding hydrogens is 186 g/mol. The fourth-order valence-corrected chi connectivity index (χ4v) is 1.64. The van der Waals surface area contributed by atoms with Crippen LogP contribution >= 0.6 is 0 Å². The van der Waals surface area contributed by atoms with Crippen molar-refractivity contribution in [2.24, 2.45) is 0 Å². The molecule has 0 fully saturated rings. The molecule has 0 bridgehead atoms. The van der Waals surface area contributed by atoms with Gasteiger partial charge in [-0.3, -0.25) is 0 Å². The minimum atomic E-state index is 0.897. The van der Waals surface area contributed by atoms with E-state index in [0.717, 1.165) is 22.1 Å². The van der Waals surface area contributed by atoms with E-state index in [1.165, 1.54) is 0 Å². The molecule has 0 aliphatic carbocycles. The maximum Gasteiger partial charge on any atom is 0.107 e. The zero-order valence-electron chi connectivity index (χ0n) is 8.09. The number of rotatable bonds is 1. The lowest BCUT2D eigenvalue weighted by Crippen LogP contribution is -1.82. The molecule has 0 saturated carbocycles. The summed E-state index contributed by atoms with van der Waals surface area (Å²) in [5.41, 5.74) is 3.64. The molecule has 3 rings (SSSR count). The molecule has 1 aromatic carbocycles. The Morgan fingerprint density at radius 3 is 1.93 bits per heavy atom. The van der Waals surface area contributed by atoms with Gasteiger partial charge in [-0.25, -0.2) is 9.97 Å². The standard InChI is InChI=1S/C12H9N3/c1-2-15-7-11-12(8-15)14-10-6-4-3-5-9(10)13-11/h2-8H,1H2. The SMILES string of the molecule is C=Cn1cc2nc3ccccc3nc2c1. The Morgan fingerprint density at radius 2 is 1.47 bits per heavy atom. The second-order valence-electron chi connectivity index (χ2n) is 3.37. The van der Waals surface area contributed by atoms with Crippen LogP contribution in [0.3, 0.4) is 0 Å². The quantitative estimate of drug-likeness (QED) is 0.597. The van der Waals surface area contributed by atoms with Gasteiger partial charge in [-0.05, 0) is 12.1 Å². The molecule has 0 spiro atoms. The molecule has 0 radical (unpaired) electrons. The van der Waals surface area contributed by atoms with Crippen LogP contribution in [0.2, 0.25) is 0 Å². The first-order valence-electron chi connectivity index (χ1n) is 4.73. The van der Waals surface area contributed by atoms with E-state index < -0.39 is 0 Å². The number of hydrogen-bond acceptors (Lipinski definition) is 2. The highest BCUT2D eigenvalue weighted by Gasteiger charge is 2.02. The Morgan fingerprint density at radius 1 is 0.933 bits per heavy atom. The fourth-order valence-electron chi connectivity index (χ4n) is 1.64. The van der Waals surface area contributed by atoms with Crippen molar-refractivity contribution in [2.75, 3.05) is 0 Å². The number of nitrogens with zero attached hydrogens (tertiary/aromatic N) is 3. The molecule has 3 aromatic rings. The summed E-state index contributed by atoms with van der Waals surface area (Å²) in [6.07, 6.45) is 5.57. The number of para-hydroxylation sites is 2. The smallest absolute Gasteiger partial charge is 0.107 e. The number of benzene rings is 1. The second-order valence-corrected chi connectivity index (χ2v) is 3.37. The van der Waals surface area contributed by atoms with Crippen LogP contribution in [0, 0.1) is 0 Å². The maximum absolute atomic E-state index is 4.52. The van der Waals surface area contributed by atoms with Crippen LogP contribution in [0.25, 0.3) is 28.3 Å².